The van der Waals surface area contributed by atoms with Gasteiger partial charge in [0, 0.05) is 17.5 Å². The molecule has 3 aromatic carbocycles. The van der Waals surface area contributed by atoms with Gasteiger partial charge in [-0.2, -0.15) is 5.26 Å². The lowest BCUT2D eigenvalue weighted by molar-refractivity contribution is 0.537. The summed E-state index contributed by atoms with van der Waals surface area (Å²) in [5, 5.41) is 10.00. The molecule has 0 aliphatic carbocycles. The Morgan fingerprint density at radius 3 is 2.27 bits per heavy atom. The number of benzene rings is 3. The Morgan fingerprint density at radius 2 is 1.58 bits per heavy atom. The van der Waals surface area contributed by atoms with Gasteiger partial charge in [-0.25, -0.2) is 4.79 Å². The highest BCUT2D eigenvalue weighted by atomic mass is 32.2. The fourth-order valence-corrected chi connectivity index (χ4v) is 4.62. The van der Waals surface area contributed by atoms with Crippen molar-refractivity contribution in [1.82, 2.24) is 9.13 Å². The third-order valence-electron chi connectivity index (χ3n) is 5.31. The molecule has 4 rings (SSSR count). The van der Waals surface area contributed by atoms with Crippen LogP contribution in [0.3, 0.4) is 0 Å². The van der Waals surface area contributed by atoms with Crippen molar-refractivity contribution in [2.24, 2.45) is 0 Å². The molecular weight excluding hydrogens is 430 g/mol. The van der Waals surface area contributed by atoms with Gasteiger partial charge in [0.15, 0.2) is 0 Å². The van der Waals surface area contributed by atoms with E-state index < -0.39 is 0 Å². The zero-order valence-electron chi connectivity index (χ0n) is 18.3. The molecule has 0 spiro atoms. The quantitative estimate of drug-likeness (QED) is 0.363. The van der Waals surface area contributed by atoms with Crippen molar-refractivity contribution in [3.8, 4) is 17.2 Å². The van der Waals surface area contributed by atoms with Crippen LogP contribution in [0.15, 0.2) is 104 Å². The van der Waals surface area contributed by atoms with Gasteiger partial charge in [0.2, 0.25) is 0 Å². The van der Waals surface area contributed by atoms with Crippen LogP contribution in [-0.4, -0.2) is 9.13 Å². The summed E-state index contributed by atoms with van der Waals surface area (Å²) in [6.07, 6.45) is 0.702. The number of nitriles is 1. The predicted octanol–water partition coefficient (Wildman–Crippen LogP) is 5.16. The second-order valence-corrected chi connectivity index (χ2v) is 8.70. The van der Waals surface area contributed by atoms with E-state index in [1.807, 2.05) is 79.7 Å². The minimum Gasteiger partial charge on any atom is -0.283 e. The van der Waals surface area contributed by atoms with Gasteiger partial charge >= 0.3 is 5.69 Å². The summed E-state index contributed by atoms with van der Waals surface area (Å²) < 4.78 is 2.96. The molecule has 0 unspecified atom stereocenters. The van der Waals surface area contributed by atoms with Crippen molar-refractivity contribution in [2.75, 3.05) is 0 Å². The normalized spacial score (nSPS) is 10.7. The fraction of sp³-hybridized carbons (Fsp3) is 0.148. The van der Waals surface area contributed by atoms with E-state index in [9.17, 15) is 14.9 Å². The first-order valence-corrected chi connectivity index (χ1v) is 11.6. The molecule has 0 saturated heterocycles. The predicted molar refractivity (Wildman–Crippen MR) is 132 cm³/mol. The molecule has 6 heteroatoms. The van der Waals surface area contributed by atoms with Gasteiger partial charge in [0.1, 0.15) is 0 Å². The van der Waals surface area contributed by atoms with Gasteiger partial charge in [0.05, 0.1) is 23.2 Å². The van der Waals surface area contributed by atoms with Crippen LogP contribution in [0.2, 0.25) is 0 Å². The minimum absolute atomic E-state index is 0.278. The smallest absolute Gasteiger partial charge is 0.283 e. The summed E-state index contributed by atoms with van der Waals surface area (Å²) in [6.45, 7) is 2.68. The van der Waals surface area contributed by atoms with Crippen molar-refractivity contribution in [3.63, 3.8) is 0 Å². The summed E-state index contributed by atoms with van der Waals surface area (Å²) in [5.41, 5.74) is 2.79. The second kappa shape index (κ2) is 10.2. The largest absolute Gasteiger partial charge is 0.332 e. The van der Waals surface area contributed by atoms with Crippen LogP contribution in [0.5, 0.6) is 0 Å². The standard InChI is InChI=1S/C27H23N3O2S/c1-2-16-29-25(31)17-26(33-23-9-4-3-5-10-23)30(27(29)32)19-20-12-14-21(15-13-20)24-11-7-6-8-22(24)18-28/h3-15,17H,2,16,19H2,1H3. The molecule has 164 valence electrons. The van der Waals surface area contributed by atoms with Crippen LogP contribution in [-0.2, 0) is 13.1 Å². The number of hydrogen-bond donors (Lipinski definition) is 0. The summed E-state index contributed by atoms with van der Waals surface area (Å²) in [5.74, 6) is 0. The number of rotatable bonds is 7. The van der Waals surface area contributed by atoms with Gasteiger partial charge in [-0.3, -0.25) is 13.9 Å². The monoisotopic (exact) mass is 453 g/mol. The highest BCUT2D eigenvalue weighted by Crippen LogP contribution is 2.27. The van der Waals surface area contributed by atoms with Gasteiger partial charge in [-0.05, 0) is 41.3 Å². The third kappa shape index (κ3) is 5.00. The topological polar surface area (TPSA) is 67.8 Å². The van der Waals surface area contributed by atoms with Crippen LogP contribution < -0.4 is 11.2 Å². The molecule has 1 aromatic heterocycles. The molecule has 0 aliphatic heterocycles. The maximum Gasteiger partial charge on any atom is 0.332 e. The third-order valence-corrected chi connectivity index (χ3v) is 6.36. The molecule has 0 radical (unpaired) electrons. The lowest BCUT2D eigenvalue weighted by atomic mass is 9.99. The maximum atomic E-state index is 13.2. The SMILES string of the molecule is CCCn1c(=O)cc(Sc2ccccc2)n(Cc2ccc(-c3ccccc3C#N)cc2)c1=O. The van der Waals surface area contributed by atoms with E-state index >= 15 is 0 Å². The molecule has 5 nitrogen and oxygen atoms in total. The summed E-state index contributed by atoms with van der Waals surface area (Å²) >= 11 is 1.41. The molecule has 0 N–H and O–H groups in total. The molecule has 33 heavy (non-hydrogen) atoms. The minimum atomic E-state index is -0.304. The van der Waals surface area contributed by atoms with E-state index in [-0.39, 0.29) is 11.2 Å². The zero-order chi connectivity index (χ0) is 23.2. The molecule has 1 heterocycles. The van der Waals surface area contributed by atoms with Gasteiger partial charge in [-0.1, -0.05) is 79.3 Å². The maximum absolute atomic E-state index is 13.2. The molecule has 0 aliphatic rings. The van der Waals surface area contributed by atoms with E-state index in [1.54, 1.807) is 16.7 Å². The molecule has 0 amide bonds. The van der Waals surface area contributed by atoms with Crippen molar-refractivity contribution in [1.29, 1.82) is 5.26 Å². The van der Waals surface area contributed by atoms with Crippen molar-refractivity contribution >= 4 is 11.8 Å². The number of hydrogen-bond acceptors (Lipinski definition) is 4. The van der Waals surface area contributed by atoms with Gasteiger partial charge < -0.3 is 0 Å². The van der Waals surface area contributed by atoms with E-state index in [4.69, 9.17) is 0 Å². The van der Waals surface area contributed by atoms with Crippen LogP contribution >= 0.6 is 11.8 Å². The second-order valence-electron chi connectivity index (χ2n) is 7.61. The molecule has 4 aromatic rings. The Kier molecular flexibility index (Phi) is 6.92. The lowest BCUT2D eigenvalue weighted by Crippen LogP contribution is -2.40. The zero-order valence-corrected chi connectivity index (χ0v) is 19.1. The highest BCUT2D eigenvalue weighted by Gasteiger charge is 2.13. The fourth-order valence-electron chi connectivity index (χ4n) is 3.67. The highest BCUT2D eigenvalue weighted by molar-refractivity contribution is 7.99. The van der Waals surface area contributed by atoms with E-state index in [0.29, 0.717) is 30.1 Å². The first kappa shape index (κ1) is 22.4. The van der Waals surface area contributed by atoms with Crippen LogP contribution in [0, 0.1) is 11.3 Å². The lowest BCUT2D eigenvalue weighted by Gasteiger charge is -2.15. The van der Waals surface area contributed by atoms with Crippen LogP contribution in [0.4, 0.5) is 0 Å². The Bertz CT molecular complexity index is 1420. The summed E-state index contributed by atoms with van der Waals surface area (Å²) in [7, 11) is 0. The molecule has 0 bridgehead atoms. The average Bonchev–Trinajstić information content (AvgIpc) is 2.85. The molecule has 0 atom stereocenters. The van der Waals surface area contributed by atoms with E-state index in [2.05, 4.69) is 6.07 Å². The van der Waals surface area contributed by atoms with Crippen LogP contribution in [0.1, 0.15) is 24.5 Å². The Labute approximate surface area is 196 Å². The molecular formula is C27H23N3O2S. The average molecular weight is 454 g/mol. The van der Waals surface area contributed by atoms with Gasteiger partial charge in [-0.15, -0.1) is 0 Å². The summed E-state index contributed by atoms with van der Waals surface area (Å²) in [6, 6.07) is 28.8. The number of aromatic nitrogens is 2. The van der Waals surface area contributed by atoms with Crippen molar-refractivity contribution in [2.45, 2.75) is 36.4 Å². The Morgan fingerprint density at radius 1 is 0.879 bits per heavy atom. The number of nitrogens with zero attached hydrogens (tertiary/aromatic N) is 3. The summed E-state index contributed by atoms with van der Waals surface area (Å²) in [4.78, 5) is 26.8. The molecule has 0 fully saturated rings. The molecule has 0 saturated carbocycles. The van der Waals surface area contributed by atoms with Crippen molar-refractivity contribution in [3.05, 3.63) is 117 Å². The van der Waals surface area contributed by atoms with Crippen LogP contribution in [0.25, 0.3) is 11.1 Å². The van der Waals surface area contributed by atoms with E-state index in [1.165, 1.54) is 16.3 Å². The van der Waals surface area contributed by atoms with Crippen molar-refractivity contribution < 1.29 is 0 Å². The Balaban J connectivity index is 1.72. The van der Waals surface area contributed by atoms with Gasteiger partial charge in [0.25, 0.3) is 5.56 Å². The van der Waals surface area contributed by atoms with E-state index in [0.717, 1.165) is 21.6 Å². The first-order valence-electron chi connectivity index (χ1n) is 10.8. The first-order chi connectivity index (χ1) is 16.1. The Hall–Kier alpha value is -3.82.